The minimum absolute atomic E-state index is 0.170. The Morgan fingerprint density at radius 1 is 0.342 bits per heavy atom. The number of hydrogen-bond acceptors (Lipinski definition) is 0. The highest BCUT2D eigenvalue weighted by Crippen LogP contribution is 2.46. The van der Waals surface area contributed by atoms with Gasteiger partial charge in [0.15, 0.2) is 0 Å². The van der Waals surface area contributed by atoms with Crippen molar-refractivity contribution in [2.24, 2.45) is 123 Å². The number of hydrogen-bond donors (Lipinski definition) is 0. The molecule has 11 unspecified atom stereocenters. The molecule has 4 rings (SSSR count). The van der Waals surface area contributed by atoms with Crippen LogP contribution in [0.4, 0.5) is 65.9 Å². The second-order valence-corrected chi connectivity index (χ2v) is 39.0. The molecule has 15 heteroatoms. The molecule has 114 heavy (non-hydrogen) atoms. The lowest BCUT2D eigenvalue weighted by Gasteiger charge is -2.35. The van der Waals surface area contributed by atoms with Gasteiger partial charge in [-0.05, 0) is 151 Å². The van der Waals surface area contributed by atoms with Gasteiger partial charge in [-0.1, -0.05) is 433 Å². The lowest BCUT2D eigenvalue weighted by atomic mass is 9.73. The summed E-state index contributed by atoms with van der Waals surface area (Å²) in [7, 11) is 0. The molecule has 0 radical (unpaired) electrons. The summed E-state index contributed by atoms with van der Waals surface area (Å²) in [5, 5.41) is 0. The molecule has 0 spiro atoms. The van der Waals surface area contributed by atoms with Crippen molar-refractivity contribution in [3.05, 3.63) is 0 Å². The van der Waals surface area contributed by atoms with Crippen molar-refractivity contribution in [3.8, 4) is 0 Å². The van der Waals surface area contributed by atoms with E-state index in [1.165, 1.54) is 111 Å². The smallest absolute Gasteiger partial charge is 0.171 e. The van der Waals surface area contributed by atoms with Crippen LogP contribution in [0, 0.1) is 123 Å². The first-order valence-electron chi connectivity index (χ1n) is 48.2. The van der Waals surface area contributed by atoms with E-state index in [1.807, 2.05) is 76.2 Å². The maximum Gasteiger partial charge on any atom is 0.392 e. The summed E-state index contributed by atoms with van der Waals surface area (Å²) in [5.74, 6) is 0.474. The minimum atomic E-state index is -3.99. The number of rotatable bonds is 11. The largest absolute Gasteiger partial charge is 0.392 e. The van der Waals surface area contributed by atoms with E-state index in [-0.39, 0.29) is 59.7 Å². The van der Waals surface area contributed by atoms with Crippen molar-refractivity contribution < 1.29 is 72.7 Å². The summed E-state index contributed by atoms with van der Waals surface area (Å²) >= 11 is 0. The second kappa shape index (κ2) is 82.9. The summed E-state index contributed by atoms with van der Waals surface area (Å²) in [6.07, 6.45) is 3.18. The van der Waals surface area contributed by atoms with Crippen molar-refractivity contribution in [3.63, 3.8) is 0 Å². The van der Waals surface area contributed by atoms with Gasteiger partial charge in [0.2, 0.25) is 0 Å². The van der Waals surface area contributed by atoms with Crippen molar-refractivity contribution in [2.75, 3.05) is 0 Å². The van der Waals surface area contributed by atoms with E-state index in [4.69, 9.17) is 6.85 Å². The molecule has 0 saturated heterocycles. The predicted molar refractivity (Wildman–Crippen MR) is 485 cm³/mol. The van der Waals surface area contributed by atoms with Crippen molar-refractivity contribution in [1.82, 2.24) is 0 Å². The topological polar surface area (TPSA) is 0 Å². The minimum Gasteiger partial charge on any atom is -0.171 e. The lowest BCUT2D eigenvalue weighted by molar-refractivity contribution is -0.199. The molecule has 4 saturated carbocycles. The van der Waals surface area contributed by atoms with E-state index < -0.39 is 73.2 Å². The zero-order valence-corrected chi connectivity index (χ0v) is 84.4. The molecule has 0 N–H and O–H groups in total. The summed E-state index contributed by atoms with van der Waals surface area (Å²) in [5.41, 5.74) is 0.863. The third-order valence-electron chi connectivity index (χ3n) is 19.7. The van der Waals surface area contributed by atoms with Gasteiger partial charge in [0.1, 0.15) is 0 Å². The van der Waals surface area contributed by atoms with E-state index in [0.29, 0.717) is 49.4 Å². The van der Waals surface area contributed by atoms with Gasteiger partial charge in [0.25, 0.3) is 0 Å². The van der Waals surface area contributed by atoms with Crippen LogP contribution in [0.25, 0.3) is 0 Å². The van der Waals surface area contributed by atoms with Gasteiger partial charge < -0.3 is 0 Å². The van der Waals surface area contributed by atoms with Crippen molar-refractivity contribution in [2.45, 2.75) is 522 Å². The number of halogens is 15. The van der Waals surface area contributed by atoms with E-state index in [0.717, 1.165) is 61.2 Å². The molecule has 0 bridgehead atoms. The summed E-state index contributed by atoms with van der Waals surface area (Å²) < 4.78 is 215. The normalized spacial score (nSPS) is 23.2. The zero-order valence-electron chi connectivity index (χ0n) is 89.4. The molecule has 710 valence electrons. The van der Waals surface area contributed by atoms with Crippen LogP contribution >= 0.6 is 0 Å². The quantitative estimate of drug-likeness (QED) is 0.181. The van der Waals surface area contributed by atoms with Crippen LogP contribution < -0.4 is 0 Å². The van der Waals surface area contributed by atoms with E-state index >= 15 is 0 Å². The van der Waals surface area contributed by atoms with E-state index in [2.05, 4.69) is 180 Å². The maximum atomic E-state index is 12.4. The van der Waals surface area contributed by atoms with Gasteiger partial charge in [-0.15, -0.1) is 0 Å². The maximum absolute atomic E-state index is 12.4. The number of alkyl halides is 15. The van der Waals surface area contributed by atoms with E-state index in [9.17, 15) is 65.9 Å². The van der Waals surface area contributed by atoms with Crippen LogP contribution in [0.2, 0.25) is 0 Å². The molecule has 4 fully saturated rings. The molecule has 4 aliphatic carbocycles. The second-order valence-electron chi connectivity index (χ2n) is 39.0. The average molecular weight is 1690 g/mol. The Kier molecular flexibility index (Phi) is 93.4. The highest BCUT2D eigenvalue weighted by Gasteiger charge is 2.48. The molecule has 0 aliphatic heterocycles. The summed E-state index contributed by atoms with van der Waals surface area (Å²) in [6, 6.07) is 0. The Hall–Kier alpha value is -1.05. The fourth-order valence-corrected chi connectivity index (χ4v) is 10.4. The SMILES string of the molecule is CC(C)C.CC1CC(C(F)(F)F)C[C@@H](C)C1.CC1CC(C)C(C(F)(F)F)C1.CC1CCC(C)C1C.CC1CCCC(C(F)(F)F)[C@@H]1C.CCC.CCC(C)(C)C.CCC(C)C.CCC(C)C(F)(F)F.CCCC.CCCC(C)(C)C.CCCC(C)C.CCCC(C)C(F)(F)F.CCCCC.[2H]C(C)(C)C.[2H]C([2H])(C)C(C)(C)C.[2H]C([2H])(C)CC. The first kappa shape index (κ1) is 129. The average Bonchev–Trinajstić information content (AvgIpc) is 1.79. The third-order valence-corrected chi connectivity index (χ3v) is 19.7. The highest BCUT2D eigenvalue weighted by atomic mass is 19.4. The monoisotopic (exact) mass is 1690 g/mol. The van der Waals surface area contributed by atoms with Gasteiger partial charge in [-0.2, -0.15) is 65.9 Å². The Morgan fingerprint density at radius 2 is 0.658 bits per heavy atom. The molecule has 0 nitrogen and oxygen atoms in total. The third kappa shape index (κ3) is 124. The predicted octanol–water partition coefficient (Wildman–Crippen LogP) is 41.5. The summed E-state index contributed by atoms with van der Waals surface area (Å²) in [6.45, 7) is 91.0. The molecule has 0 aromatic heterocycles. The van der Waals surface area contributed by atoms with E-state index in [1.54, 1.807) is 34.6 Å². The number of unbranched alkanes of at least 4 members (excludes halogenated alkanes) is 3. The van der Waals surface area contributed by atoms with Gasteiger partial charge in [0.05, 0.1) is 29.6 Å². The van der Waals surface area contributed by atoms with Crippen LogP contribution in [0.1, 0.15) is 498 Å². The molecule has 0 heterocycles. The molecule has 0 aromatic carbocycles. The zero-order chi connectivity index (χ0) is 98.7. The van der Waals surface area contributed by atoms with Crippen molar-refractivity contribution >= 4 is 0 Å². The fraction of sp³-hybridized carbons (Fsp3) is 1.00. The van der Waals surface area contributed by atoms with Gasteiger partial charge in [-0.3, -0.25) is 0 Å². The first-order valence-corrected chi connectivity index (χ1v) is 45.7. The standard InChI is InChI=1S/2C9H15F3.C8H13F3.C8H16.C7H16.C6H11F3.3C6H14.C5H9F3.2C5H12.4C4H10.C3H8/c1-6-3-7(2)5-8(4-6)9(10,11)12;1-6-4-3-5-8(7(6)2)9(10,11)12;1-5-3-6(2)7(4-5)8(9,10)11;1-6-4-5-7(2)8(6)3;1-5-6-7(2,3)4;1-3-4-5(2)6(7,8)9;2*1-5-6(2,3)4;1-4-5-6(2)3;1-3-4(2)5(6,7)8;1-4-5(2)3;1-3-5-4-2;2*1-4(2)3;2*1-3-4-2;1-3-2/h2*6-8H,3-5H2,1-2H3;5-7H,3-4H2,1-2H3;6-8H,4-5H2,1-3H3;5-6H2,1-4H3;5H,3-4H2,1-2H3;2*5H2,1-4H3;6H,4-5H2,1-3H3;4H,3H2,1-2H3;5H,4H2,1-3H3;3-5H2,1-2H3;2*4H,1-3H3;2*3-4H2,1-2H3;3H2,1-2H3/t6-,7?,8?;6?,7-,8?;;;;;;;;;;;;;;;/m01.............../s1/i;;;;;;5D2;;;;;;4D;;3D2;;. The lowest BCUT2D eigenvalue weighted by Crippen LogP contribution is -2.35. The Labute approximate surface area is 714 Å². The van der Waals surface area contributed by atoms with Gasteiger partial charge in [0, 0.05) is 6.85 Å². The molecule has 0 aromatic rings. The first-order chi connectivity index (χ1) is 52.9. The van der Waals surface area contributed by atoms with Gasteiger partial charge >= 0.3 is 30.9 Å². The Balaban J connectivity index is -0.0000000923. The Morgan fingerprint density at radius 3 is 0.772 bits per heavy atom. The molecule has 4 aliphatic rings. The fourth-order valence-electron chi connectivity index (χ4n) is 10.4. The van der Waals surface area contributed by atoms with Crippen LogP contribution in [0.3, 0.4) is 0 Å². The van der Waals surface area contributed by atoms with Crippen LogP contribution in [-0.4, -0.2) is 30.9 Å². The molecular weight excluding hydrogens is 1470 g/mol. The molecule has 13 atom stereocenters. The van der Waals surface area contributed by atoms with Crippen molar-refractivity contribution in [1.29, 1.82) is 0 Å². The molecule has 0 amide bonds. The van der Waals surface area contributed by atoms with Crippen LogP contribution in [-0.2, 0) is 0 Å². The van der Waals surface area contributed by atoms with Gasteiger partial charge in [-0.25, -0.2) is 0 Å². The van der Waals surface area contributed by atoms with Crippen LogP contribution in [0.15, 0.2) is 0 Å². The molecular formula is C99H209F15. The highest BCUT2D eigenvalue weighted by molar-refractivity contribution is 4.84. The Bertz CT molecular complexity index is 1970. The van der Waals surface area contributed by atoms with Crippen LogP contribution in [0.5, 0.6) is 0 Å². The summed E-state index contributed by atoms with van der Waals surface area (Å²) in [4.78, 5) is 0.